The third-order valence-electron chi connectivity index (χ3n) is 12.1. The summed E-state index contributed by atoms with van der Waals surface area (Å²) in [7, 11) is 0. The summed E-state index contributed by atoms with van der Waals surface area (Å²) in [6, 6.07) is 78.6. The van der Waals surface area contributed by atoms with Gasteiger partial charge in [0.15, 0.2) is 11.4 Å². The van der Waals surface area contributed by atoms with Crippen LogP contribution < -0.4 is 0 Å². The predicted molar refractivity (Wildman–Crippen MR) is 260 cm³/mol. The van der Waals surface area contributed by atoms with Crippen molar-refractivity contribution in [2.75, 3.05) is 0 Å². The Hall–Kier alpha value is -8.47. The van der Waals surface area contributed by atoms with E-state index in [4.69, 9.17) is 19.4 Å². The van der Waals surface area contributed by atoms with Crippen molar-refractivity contribution in [1.29, 1.82) is 0 Å². The molecule has 0 aliphatic carbocycles. The van der Waals surface area contributed by atoms with Crippen molar-refractivity contribution < 1.29 is 4.42 Å². The zero-order valence-corrected chi connectivity index (χ0v) is 34.1. The van der Waals surface area contributed by atoms with E-state index in [0.29, 0.717) is 5.82 Å². The number of fused-ring (bicyclic) bond motifs is 6. The quantitative estimate of drug-likeness (QED) is 0.161. The lowest BCUT2D eigenvalue weighted by Crippen LogP contribution is -1.96. The molecule has 0 radical (unpaired) electrons. The fourth-order valence-electron chi connectivity index (χ4n) is 9.00. The monoisotopic (exact) mass is 803 g/mol. The third kappa shape index (κ3) is 6.53. The SMILES string of the molecule is c1ccc(-c2ccc(-c3cc(-c4cccc(-c5cccc(-c6cccc7c6nc(-c6cccc8ccccc68)c6oc8ccccc8c67)c5)c4)nc(-c4ccccc4)n3)cc2)cc1. The summed E-state index contributed by atoms with van der Waals surface area (Å²) in [5, 5.41) is 5.52. The topological polar surface area (TPSA) is 51.8 Å². The van der Waals surface area contributed by atoms with Crippen LogP contribution in [0.2, 0.25) is 0 Å². The lowest BCUT2D eigenvalue weighted by atomic mass is 9.94. The number of hydrogen-bond donors (Lipinski definition) is 0. The van der Waals surface area contributed by atoms with Crippen molar-refractivity contribution in [1.82, 2.24) is 15.0 Å². The van der Waals surface area contributed by atoms with Crippen molar-refractivity contribution in [3.05, 3.63) is 224 Å². The van der Waals surface area contributed by atoms with Crippen LogP contribution in [0.1, 0.15) is 0 Å². The van der Waals surface area contributed by atoms with Gasteiger partial charge in [-0.25, -0.2) is 15.0 Å². The van der Waals surface area contributed by atoms with E-state index >= 15 is 0 Å². The first-order valence-corrected chi connectivity index (χ1v) is 21.3. The highest BCUT2D eigenvalue weighted by Gasteiger charge is 2.21. The first kappa shape index (κ1) is 36.4. The highest BCUT2D eigenvalue weighted by molar-refractivity contribution is 6.23. The van der Waals surface area contributed by atoms with Crippen LogP contribution in [0.5, 0.6) is 0 Å². The molecule has 294 valence electrons. The minimum atomic E-state index is 0.688. The maximum Gasteiger partial charge on any atom is 0.162 e. The molecule has 0 fully saturated rings. The zero-order chi connectivity index (χ0) is 41.7. The number of rotatable bonds is 7. The number of nitrogens with zero attached hydrogens (tertiary/aromatic N) is 3. The summed E-state index contributed by atoms with van der Waals surface area (Å²) in [6.07, 6.45) is 0. The molecule has 63 heavy (non-hydrogen) atoms. The second-order valence-corrected chi connectivity index (χ2v) is 15.9. The first-order valence-electron chi connectivity index (χ1n) is 21.3. The molecule has 0 amide bonds. The molecule has 12 aromatic rings. The van der Waals surface area contributed by atoms with E-state index in [1.165, 1.54) is 11.1 Å². The molecule has 0 spiro atoms. The van der Waals surface area contributed by atoms with E-state index in [0.717, 1.165) is 105 Å². The second kappa shape index (κ2) is 15.2. The van der Waals surface area contributed by atoms with E-state index < -0.39 is 0 Å². The van der Waals surface area contributed by atoms with E-state index in [-0.39, 0.29) is 0 Å². The van der Waals surface area contributed by atoms with Crippen LogP contribution in [0.25, 0.3) is 122 Å². The Morgan fingerprint density at radius 2 is 0.841 bits per heavy atom. The van der Waals surface area contributed by atoms with Gasteiger partial charge in [0.25, 0.3) is 0 Å². The first-order chi connectivity index (χ1) is 31.2. The molecule has 3 aromatic heterocycles. The summed E-state index contributed by atoms with van der Waals surface area (Å²) in [5.41, 5.74) is 15.9. The van der Waals surface area contributed by atoms with Crippen LogP contribution >= 0.6 is 0 Å². The lowest BCUT2D eigenvalue weighted by Gasteiger charge is -2.13. The fourth-order valence-corrected chi connectivity index (χ4v) is 9.00. The molecular weight excluding hydrogens is 767 g/mol. The van der Waals surface area contributed by atoms with E-state index in [9.17, 15) is 0 Å². The molecule has 12 rings (SSSR count). The maximum atomic E-state index is 6.68. The van der Waals surface area contributed by atoms with Crippen LogP contribution in [0.15, 0.2) is 229 Å². The van der Waals surface area contributed by atoms with Crippen molar-refractivity contribution in [2.24, 2.45) is 0 Å². The molecule has 0 atom stereocenters. The van der Waals surface area contributed by atoms with Crippen molar-refractivity contribution in [2.45, 2.75) is 0 Å². The summed E-state index contributed by atoms with van der Waals surface area (Å²) in [6.45, 7) is 0. The van der Waals surface area contributed by atoms with Crippen molar-refractivity contribution in [3.8, 4) is 78.5 Å². The Morgan fingerprint density at radius 3 is 1.63 bits per heavy atom. The van der Waals surface area contributed by atoms with Gasteiger partial charge in [0.05, 0.1) is 16.9 Å². The van der Waals surface area contributed by atoms with Gasteiger partial charge in [-0.05, 0) is 62.9 Å². The number of aromatic nitrogens is 3. The molecule has 4 nitrogen and oxygen atoms in total. The normalized spacial score (nSPS) is 11.5. The molecule has 0 saturated carbocycles. The number of para-hydroxylation sites is 2. The smallest absolute Gasteiger partial charge is 0.162 e. The predicted octanol–water partition coefficient (Wildman–Crippen LogP) is 15.7. The Bertz CT molecular complexity index is 3660. The van der Waals surface area contributed by atoms with Crippen LogP contribution in [0.4, 0.5) is 0 Å². The summed E-state index contributed by atoms with van der Waals surface area (Å²) in [4.78, 5) is 15.8. The van der Waals surface area contributed by atoms with E-state index in [1.54, 1.807) is 0 Å². The molecule has 0 aliphatic heterocycles. The highest BCUT2D eigenvalue weighted by atomic mass is 16.3. The Balaban J connectivity index is 0.978. The van der Waals surface area contributed by atoms with Crippen molar-refractivity contribution in [3.63, 3.8) is 0 Å². The number of pyridine rings is 1. The second-order valence-electron chi connectivity index (χ2n) is 15.9. The van der Waals surface area contributed by atoms with Crippen molar-refractivity contribution >= 4 is 43.6 Å². The van der Waals surface area contributed by atoms with Gasteiger partial charge in [-0.2, -0.15) is 0 Å². The number of hydrogen-bond acceptors (Lipinski definition) is 4. The van der Waals surface area contributed by atoms with Gasteiger partial charge in [0.1, 0.15) is 11.3 Å². The largest absolute Gasteiger partial charge is 0.454 e. The molecule has 9 aromatic carbocycles. The Kier molecular flexibility index (Phi) is 8.79. The third-order valence-corrected chi connectivity index (χ3v) is 12.1. The fraction of sp³-hybridized carbons (Fsp3) is 0. The lowest BCUT2D eigenvalue weighted by molar-refractivity contribution is 0.669. The van der Waals surface area contributed by atoms with Gasteiger partial charge in [-0.3, -0.25) is 0 Å². The molecule has 0 unspecified atom stereocenters. The Labute approximate surface area is 364 Å². The van der Waals surface area contributed by atoms with Crippen LogP contribution in [-0.2, 0) is 0 Å². The molecule has 0 aliphatic rings. The van der Waals surface area contributed by atoms with Gasteiger partial charge in [0, 0.05) is 44.0 Å². The maximum absolute atomic E-state index is 6.68. The average molecular weight is 804 g/mol. The number of furan rings is 1. The summed E-state index contributed by atoms with van der Waals surface area (Å²) in [5.74, 6) is 0.688. The van der Waals surface area contributed by atoms with E-state index in [1.807, 2.05) is 36.4 Å². The Morgan fingerprint density at radius 1 is 0.317 bits per heavy atom. The van der Waals surface area contributed by atoms with Crippen LogP contribution in [0, 0.1) is 0 Å². The molecule has 0 N–H and O–H groups in total. The minimum Gasteiger partial charge on any atom is -0.454 e. The van der Waals surface area contributed by atoms with Gasteiger partial charge in [-0.15, -0.1) is 0 Å². The average Bonchev–Trinajstić information content (AvgIpc) is 3.77. The minimum absolute atomic E-state index is 0.688. The van der Waals surface area contributed by atoms with Crippen LogP contribution in [-0.4, -0.2) is 15.0 Å². The van der Waals surface area contributed by atoms with Gasteiger partial charge in [-0.1, -0.05) is 200 Å². The molecule has 0 bridgehead atoms. The van der Waals surface area contributed by atoms with Gasteiger partial charge < -0.3 is 4.42 Å². The molecule has 4 heteroatoms. The number of benzene rings is 9. The summed E-state index contributed by atoms with van der Waals surface area (Å²) >= 11 is 0. The molecule has 0 saturated heterocycles. The molecule has 3 heterocycles. The van der Waals surface area contributed by atoms with Gasteiger partial charge >= 0.3 is 0 Å². The highest BCUT2D eigenvalue weighted by Crippen LogP contribution is 2.43. The van der Waals surface area contributed by atoms with Gasteiger partial charge in [0.2, 0.25) is 0 Å². The van der Waals surface area contributed by atoms with E-state index in [2.05, 4.69) is 188 Å². The molecular formula is C59H37N3O. The zero-order valence-electron chi connectivity index (χ0n) is 34.1. The standard InChI is InChI=1S/C59H37N3O/c1-3-15-38(16-4-1)39-31-33-41(34-32-39)52-37-53(61-59(60-52)42-18-5-2-6-19-42)46-24-12-22-44(36-46)43-21-11-23-45(35-43)48-27-14-29-51-55-50-26-9-10-30-54(50)63-58(55)57(62-56(48)51)49-28-13-20-40-17-7-8-25-47(40)49/h1-37H. The summed E-state index contributed by atoms with van der Waals surface area (Å²) < 4.78 is 6.68. The van der Waals surface area contributed by atoms with Crippen LogP contribution in [0.3, 0.4) is 0 Å².